The summed E-state index contributed by atoms with van der Waals surface area (Å²) >= 11 is 0. The second-order valence-corrected chi connectivity index (χ2v) is 5.64. The van der Waals surface area contributed by atoms with E-state index in [4.69, 9.17) is 0 Å². The van der Waals surface area contributed by atoms with Gasteiger partial charge in [-0.3, -0.25) is 0 Å². The van der Waals surface area contributed by atoms with Crippen LogP contribution in [0.15, 0.2) is 29.2 Å². The van der Waals surface area contributed by atoms with Crippen molar-refractivity contribution in [3.05, 3.63) is 29.8 Å². The molecule has 1 rings (SSSR count). The Labute approximate surface area is 98.4 Å². The summed E-state index contributed by atoms with van der Waals surface area (Å²) in [6.07, 6.45) is 2.64. The molecule has 0 amide bonds. The van der Waals surface area contributed by atoms with Gasteiger partial charge in [0.2, 0.25) is 0 Å². The first kappa shape index (κ1) is 14.0. The quantitative estimate of drug-likeness (QED) is 0.837. The van der Waals surface area contributed by atoms with Crippen LogP contribution in [0.1, 0.15) is 25.3 Å². The number of alkyl halides is 3. The molecular formula is C11H13F3O2S. The summed E-state index contributed by atoms with van der Waals surface area (Å²) in [7, 11) is -5.21. The largest absolute Gasteiger partial charge is 0.501 e. The zero-order valence-electron chi connectivity index (χ0n) is 9.29. The molecule has 0 saturated carbocycles. The van der Waals surface area contributed by atoms with E-state index in [1.165, 1.54) is 12.1 Å². The SMILES string of the molecule is CCCCc1ccc(S(=O)(=O)C(F)(F)F)cc1. The van der Waals surface area contributed by atoms with E-state index in [1.807, 2.05) is 6.92 Å². The molecule has 0 N–H and O–H groups in total. The Morgan fingerprint density at radius 2 is 1.65 bits per heavy atom. The Morgan fingerprint density at radius 3 is 2.06 bits per heavy atom. The molecule has 0 aromatic heterocycles. The summed E-state index contributed by atoms with van der Waals surface area (Å²) in [5.41, 5.74) is -4.40. The van der Waals surface area contributed by atoms with E-state index >= 15 is 0 Å². The molecule has 0 aliphatic heterocycles. The van der Waals surface area contributed by atoms with E-state index in [0.29, 0.717) is 0 Å². The van der Waals surface area contributed by atoms with Crippen molar-refractivity contribution in [1.82, 2.24) is 0 Å². The molecule has 6 heteroatoms. The van der Waals surface area contributed by atoms with Gasteiger partial charge in [-0.1, -0.05) is 25.5 Å². The van der Waals surface area contributed by atoms with Crippen LogP contribution in [0.3, 0.4) is 0 Å². The smallest absolute Gasteiger partial charge is 0.214 e. The predicted octanol–water partition coefficient (Wildman–Crippen LogP) is 3.32. The highest BCUT2D eigenvalue weighted by molar-refractivity contribution is 7.92. The fourth-order valence-electron chi connectivity index (χ4n) is 1.35. The van der Waals surface area contributed by atoms with Crippen LogP contribution in [0, 0.1) is 0 Å². The highest BCUT2D eigenvalue weighted by atomic mass is 32.2. The Balaban J connectivity index is 2.96. The van der Waals surface area contributed by atoms with Crippen LogP contribution in [0.5, 0.6) is 0 Å². The Morgan fingerprint density at radius 1 is 1.12 bits per heavy atom. The molecule has 0 heterocycles. The third kappa shape index (κ3) is 3.21. The molecular weight excluding hydrogens is 253 g/mol. The van der Waals surface area contributed by atoms with Gasteiger partial charge in [0.25, 0.3) is 9.84 Å². The summed E-state index contributed by atoms with van der Waals surface area (Å²) in [6.45, 7) is 2.00. The van der Waals surface area contributed by atoms with Crippen molar-refractivity contribution in [3.8, 4) is 0 Å². The molecule has 17 heavy (non-hydrogen) atoms. The molecule has 1 aromatic carbocycles. The van der Waals surface area contributed by atoms with Gasteiger partial charge in [0, 0.05) is 0 Å². The molecule has 0 spiro atoms. The van der Waals surface area contributed by atoms with Gasteiger partial charge in [-0.05, 0) is 30.5 Å². The zero-order chi connectivity index (χ0) is 13.1. The van der Waals surface area contributed by atoms with E-state index < -0.39 is 20.2 Å². The average molecular weight is 266 g/mol. The number of aryl methyl sites for hydroxylation is 1. The van der Waals surface area contributed by atoms with Crippen molar-refractivity contribution in [3.63, 3.8) is 0 Å². The first-order valence-electron chi connectivity index (χ1n) is 5.19. The maximum absolute atomic E-state index is 12.2. The van der Waals surface area contributed by atoms with Gasteiger partial charge in [-0.15, -0.1) is 0 Å². The van der Waals surface area contributed by atoms with E-state index in [-0.39, 0.29) is 0 Å². The number of hydrogen-bond acceptors (Lipinski definition) is 2. The number of benzene rings is 1. The third-order valence-electron chi connectivity index (χ3n) is 2.36. The highest BCUT2D eigenvalue weighted by Crippen LogP contribution is 2.30. The summed E-state index contributed by atoms with van der Waals surface area (Å²) in [6, 6.07) is 4.87. The number of unbranched alkanes of at least 4 members (excludes halogenated alkanes) is 1. The molecule has 0 bridgehead atoms. The van der Waals surface area contributed by atoms with Gasteiger partial charge in [0.1, 0.15) is 0 Å². The van der Waals surface area contributed by atoms with Crippen LogP contribution in [-0.2, 0) is 16.3 Å². The van der Waals surface area contributed by atoms with E-state index in [0.717, 1.165) is 37.0 Å². The fourth-order valence-corrected chi connectivity index (χ4v) is 2.11. The molecule has 2 nitrogen and oxygen atoms in total. The van der Waals surface area contributed by atoms with Gasteiger partial charge in [0.15, 0.2) is 0 Å². The lowest BCUT2D eigenvalue weighted by Gasteiger charge is -2.08. The maximum atomic E-state index is 12.2. The maximum Gasteiger partial charge on any atom is 0.501 e. The second-order valence-electron chi connectivity index (χ2n) is 3.70. The topological polar surface area (TPSA) is 34.1 Å². The van der Waals surface area contributed by atoms with Gasteiger partial charge >= 0.3 is 5.51 Å². The van der Waals surface area contributed by atoms with Crippen molar-refractivity contribution in [2.24, 2.45) is 0 Å². The molecule has 0 radical (unpaired) electrons. The monoisotopic (exact) mass is 266 g/mol. The number of halogens is 3. The van der Waals surface area contributed by atoms with Crippen LogP contribution in [0.25, 0.3) is 0 Å². The fraction of sp³-hybridized carbons (Fsp3) is 0.455. The number of sulfone groups is 1. The minimum absolute atomic E-state index is 0.703. The van der Waals surface area contributed by atoms with Crippen molar-refractivity contribution in [2.45, 2.75) is 36.6 Å². The first-order valence-corrected chi connectivity index (χ1v) is 6.67. The van der Waals surface area contributed by atoms with Crippen LogP contribution >= 0.6 is 0 Å². The highest BCUT2D eigenvalue weighted by Gasteiger charge is 2.46. The lowest BCUT2D eigenvalue weighted by molar-refractivity contribution is -0.0436. The van der Waals surface area contributed by atoms with E-state index in [2.05, 4.69) is 0 Å². The normalized spacial score (nSPS) is 12.7. The van der Waals surface area contributed by atoms with Crippen molar-refractivity contribution in [2.75, 3.05) is 0 Å². The number of hydrogen-bond donors (Lipinski definition) is 0. The number of rotatable bonds is 4. The summed E-state index contributed by atoms with van der Waals surface area (Å²) in [4.78, 5) is -0.703. The first-order chi connectivity index (χ1) is 7.79. The van der Waals surface area contributed by atoms with Crippen LogP contribution < -0.4 is 0 Å². The van der Waals surface area contributed by atoms with Crippen LogP contribution in [0.2, 0.25) is 0 Å². The molecule has 0 aliphatic carbocycles. The molecule has 0 fully saturated rings. The van der Waals surface area contributed by atoms with Crippen LogP contribution in [0.4, 0.5) is 13.2 Å². The van der Waals surface area contributed by atoms with Gasteiger partial charge in [-0.25, -0.2) is 8.42 Å². The van der Waals surface area contributed by atoms with Gasteiger partial charge in [-0.2, -0.15) is 13.2 Å². The van der Waals surface area contributed by atoms with Crippen LogP contribution in [-0.4, -0.2) is 13.9 Å². The molecule has 0 atom stereocenters. The van der Waals surface area contributed by atoms with Crippen molar-refractivity contribution in [1.29, 1.82) is 0 Å². The predicted molar refractivity (Wildman–Crippen MR) is 58.3 cm³/mol. The molecule has 1 aromatic rings. The summed E-state index contributed by atoms with van der Waals surface area (Å²) in [5.74, 6) is 0. The Hall–Kier alpha value is -1.04. The Bertz CT molecular complexity index is 460. The minimum atomic E-state index is -5.24. The van der Waals surface area contributed by atoms with E-state index in [1.54, 1.807) is 0 Å². The molecule has 0 unspecified atom stereocenters. The lowest BCUT2D eigenvalue weighted by atomic mass is 10.1. The molecule has 0 aliphatic rings. The summed E-state index contributed by atoms with van der Waals surface area (Å²) < 4.78 is 58.8. The van der Waals surface area contributed by atoms with Gasteiger partial charge in [0.05, 0.1) is 4.90 Å². The van der Waals surface area contributed by atoms with Crippen molar-refractivity contribution < 1.29 is 21.6 Å². The lowest BCUT2D eigenvalue weighted by Crippen LogP contribution is -2.23. The van der Waals surface area contributed by atoms with Gasteiger partial charge < -0.3 is 0 Å². The Kier molecular flexibility index (Phi) is 4.19. The van der Waals surface area contributed by atoms with Crippen molar-refractivity contribution >= 4 is 9.84 Å². The standard InChI is InChI=1S/C11H13F3O2S/c1-2-3-4-9-5-7-10(8-6-9)17(15,16)11(12,13)14/h5-8H,2-4H2,1H3. The second kappa shape index (κ2) is 5.08. The minimum Gasteiger partial charge on any atom is -0.214 e. The van der Waals surface area contributed by atoms with E-state index in [9.17, 15) is 21.6 Å². The third-order valence-corrected chi connectivity index (χ3v) is 3.86. The summed E-state index contributed by atoms with van der Waals surface area (Å²) in [5, 5.41) is 0. The molecule has 0 saturated heterocycles. The molecule has 96 valence electrons. The zero-order valence-corrected chi connectivity index (χ0v) is 10.1. The average Bonchev–Trinajstić information content (AvgIpc) is 2.25.